The van der Waals surface area contributed by atoms with Gasteiger partial charge >= 0.3 is 0 Å². The minimum Gasteiger partial charge on any atom is -0.398 e. The molecule has 0 amide bonds. The van der Waals surface area contributed by atoms with E-state index in [1.165, 1.54) is 4.31 Å². The first-order valence-corrected chi connectivity index (χ1v) is 7.99. The number of aryl methyl sites for hydroxylation is 1. The molecule has 6 heteroatoms. The fraction of sp³-hybridized carbons (Fsp3) is 0.267. The monoisotopic (exact) mass is 305 g/mol. The topological polar surface area (TPSA) is 76.3 Å². The Morgan fingerprint density at radius 3 is 2.57 bits per heavy atom. The third kappa shape index (κ3) is 3.22. The summed E-state index contributed by atoms with van der Waals surface area (Å²) < 4.78 is 26.7. The molecule has 0 saturated carbocycles. The molecule has 0 radical (unpaired) electrons. The number of aromatic nitrogens is 1. The van der Waals surface area contributed by atoms with Gasteiger partial charge in [0.1, 0.15) is 0 Å². The Bertz CT molecular complexity index is 743. The molecular formula is C15H19N3O2S. The Balaban J connectivity index is 2.38. The van der Waals surface area contributed by atoms with E-state index >= 15 is 0 Å². The summed E-state index contributed by atoms with van der Waals surface area (Å²) in [6.07, 6.45) is 1.64. The van der Waals surface area contributed by atoms with E-state index in [-0.39, 0.29) is 11.4 Å². The van der Waals surface area contributed by atoms with Crippen LogP contribution in [0.4, 0.5) is 5.69 Å². The second kappa shape index (κ2) is 5.83. The first-order chi connectivity index (χ1) is 9.82. The second-order valence-electron chi connectivity index (χ2n) is 5.06. The first-order valence-electron chi connectivity index (χ1n) is 6.55. The highest BCUT2D eigenvalue weighted by molar-refractivity contribution is 7.89. The van der Waals surface area contributed by atoms with Crippen molar-refractivity contribution < 1.29 is 8.42 Å². The van der Waals surface area contributed by atoms with Gasteiger partial charge in [0.2, 0.25) is 10.0 Å². The van der Waals surface area contributed by atoms with Crippen LogP contribution in [0.3, 0.4) is 0 Å². The average molecular weight is 305 g/mol. The Labute approximate surface area is 125 Å². The normalized spacial score (nSPS) is 11.8. The van der Waals surface area contributed by atoms with Gasteiger partial charge in [0.05, 0.1) is 17.1 Å². The van der Waals surface area contributed by atoms with Crippen LogP contribution in [0, 0.1) is 13.8 Å². The van der Waals surface area contributed by atoms with Gasteiger partial charge in [-0.25, -0.2) is 8.42 Å². The van der Waals surface area contributed by atoms with Gasteiger partial charge in [-0.2, -0.15) is 4.31 Å². The summed E-state index contributed by atoms with van der Waals surface area (Å²) >= 11 is 0. The largest absolute Gasteiger partial charge is 0.398 e. The number of pyridine rings is 1. The van der Waals surface area contributed by atoms with Crippen molar-refractivity contribution in [3.63, 3.8) is 0 Å². The summed E-state index contributed by atoms with van der Waals surface area (Å²) in [5.41, 5.74) is 8.46. The number of nitrogens with zero attached hydrogens (tertiary/aromatic N) is 2. The maximum Gasteiger partial charge on any atom is 0.243 e. The van der Waals surface area contributed by atoms with Crippen molar-refractivity contribution in [2.24, 2.45) is 0 Å². The molecule has 1 aromatic carbocycles. The van der Waals surface area contributed by atoms with E-state index in [0.29, 0.717) is 16.9 Å². The molecule has 1 aromatic heterocycles. The van der Waals surface area contributed by atoms with E-state index in [9.17, 15) is 8.42 Å². The number of rotatable bonds is 4. The molecule has 2 aromatic rings. The van der Waals surface area contributed by atoms with Crippen molar-refractivity contribution in [3.05, 3.63) is 53.3 Å². The molecule has 112 valence electrons. The lowest BCUT2D eigenvalue weighted by Crippen LogP contribution is -2.27. The third-order valence-electron chi connectivity index (χ3n) is 3.34. The van der Waals surface area contributed by atoms with E-state index in [4.69, 9.17) is 5.73 Å². The predicted molar refractivity (Wildman–Crippen MR) is 83.2 cm³/mol. The van der Waals surface area contributed by atoms with Crippen molar-refractivity contribution >= 4 is 15.7 Å². The van der Waals surface area contributed by atoms with E-state index < -0.39 is 10.0 Å². The fourth-order valence-corrected chi connectivity index (χ4v) is 3.57. The maximum absolute atomic E-state index is 12.7. The Hall–Kier alpha value is -1.92. The average Bonchev–Trinajstić information content (AvgIpc) is 2.43. The summed E-state index contributed by atoms with van der Waals surface area (Å²) in [7, 11) is -2.06. The van der Waals surface area contributed by atoms with Gasteiger partial charge in [-0.15, -0.1) is 0 Å². The van der Waals surface area contributed by atoms with Gasteiger partial charge in [-0.3, -0.25) is 4.98 Å². The zero-order chi connectivity index (χ0) is 15.6. The number of benzene rings is 1. The Morgan fingerprint density at radius 1 is 1.24 bits per heavy atom. The lowest BCUT2D eigenvalue weighted by Gasteiger charge is -2.19. The molecule has 0 aliphatic heterocycles. The van der Waals surface area contributed by atoms with Crippen LogP contribution in [-0.4, -0.2) is 24.8 Å². The maximum atomic E-state index is 12.7. The molecule has 0 bridgehead atoms. The molecule has 0 saturated heterocycles. The smallest absolute Gasteiger partial charge is 0.243 e. The SMILES string of the molecule is Cc1cc(N)c(C)c(S(=O)(=O)N(C)Cc2ccccn2)c1. The minimum absolute atomic E-state index is 0.219. The fourth-order valence-electron chi connectivity index (χ4n) is 2.09. The molecule has 0 aliphatic carbocycles. The van der Waals surface area contributed by atoms with Crippen LogP contribution in [-0.2, 0) is 16.6 Å². The second-order valence-corrected chi connectivity index (χ2v) is 7.07. The van der Waals surface area contributed by atoms with Crippen LogP contribution in [0.25, 0.3) is 0 Å². The summed E-state index contributed by atoms with van der Waals surface area (Å²) in [5, 5.41) is 0. The first kappa shape index (κ1) is 15.5. The number of anilines is 1. The van der Waals surface area contributed by atoms with Crippen molar-refractivity contribution in [2.45, 2.75) is 25.3 Å². The zero-order valence-electron chi connectivity index (χ0n) is 12.4. The number of hydrogen-bond donors (Lipinski definition) is 1. The van der Waals surface area contributed by atoms with Gasteiger partial charge in [-0.1, -0.05) is 6.07 Å². The van der Waals surface area contributed by atoms with Crippen LogP contribution in [0.1, 0.15) is 16.8 Å². The number of nitrogen functional groups attached to an aromatic ring is 1. The summed E-state index contributed by atoms with van der Waals surface area (Å²) in [5.74, 6) is 0. The van der Waals surface area contributed by atoms with Crippen LogP contribution in [0.5, 0.6) is 0 Å². The number of sulfonamides is 1. The molecule has 2 N–H and O–H groups in total. The van der Waals surface area contributed by atoms with Gasteiger partial charge in [0.15, 0.2) is 0 Å². The van der Waals surface area contributed by atoms with E-state index in [0.717, 1.165) is 5.56 Å². The van der Waals surface area contributed by atoms with Crippen molar-refractivity contribution in [1.29, 1.82) is 0 Å². The molecule has 21 heavy (non-hydrogen) atoms. The molecule has 2 rings (SSSR count). The molecule has 5 nitrogen and oxygen atoms in total. The molecule has 0 fully saturated rings. The molecular weight excluding hydrogens is 286 g/mol. The zero-order valence-corrected chi connectivity index (χ0v) is 13.2. The summed E-state index contributed by atoms with van der Waals surface area (Å²) in [6, 6.07) is 8.84. The number of nitrogens with two attached hydrogens (primary N) is 1. The van der Waals surface area contributed by atoms with Crippen molar-refractivity contribution in [1.82, 2.24) is 9.29 Å². The quantitative estimate of drug-likeness (QED) is 0.878. The summed E-state index contributed by atoms with van der Waals surface area (Å²) in [6.45, 7) is 3.76. The van der Waals surface area contributed by atoms with Crippen molar-refractivity contribution in [2.75, 3.05) is 12.8 Å². The van der Waals surface area contributed by atoms with Gasteiger partial charge < -0.3 is 5.73 Å². The predicted octanol–water partition coefficient (Wildman–Crippen LogP) is 2.10. The highest BCUT2D eigenvalue weighted by Gasteiger charge is 2.24. The molecule has 0 aliphatic rings. The standard InChI is InChI=1S/C15H19N3O2S/c1-11-8-14(16)12(2)15(9-11)21(19,20)18(3)10-13-6-4-5-7-17-13/h4-9H,10,16H2,1-3H3. The van der Waals surface area contributed by atoms with E-state index in [1.54, 1.807) is 44.4 Å². The lowest BCUT2D eigenvalue weighted by molar-refractivity contribution is 0.461. The molecule has 1 heterocycles. The molecule has 0 atom stereocenters. The highest BCUT2D eigenvalue weighted by Crippen LogP contribution is 2.25. The Morgan fingerprint density at radius 2 is 1.95 bits per heavy atom. The Kier molecular flexibility index (Phi) is 4.29. The van der Waals surface area contributed by atoms with Crippen LogP contribution in [0.2, 0.25) is 0 Å². The van der Waals surface area contributed by atoms with Crippen LogP contribution in [0.15, 0.2) is 41.4 Å². The van der Waals surface area contributed by atoms with Crippen molar-refractivity contribution in [3.8, 4) is 0 Å². The lowest BCUT2D eigenvalue weighted by atomic mass is 10.1. The summed E-state index contributed by atoms with van der Waals surface area (Å²) in [4.78, 5) is 4.40. The van der Waals surface area contributed by atoms with Gasteiger partial charge in [0, 0.05) is 18.9 Å². The number of hydrogen-bond acceptors (Lipinski definition) is 4. The third-order valence-corrected chi connectivity index (χ3v) is 5.27. The molecule has 0 unspecified atom stereocenters. The van der Waals surface area contributed by atoms with Gasteiger partial charge in [0.25, 0.3) is 0 Å². The van der Waals surface area contributed by atoms with Crippen LogP contribution < -0.4 is 5.73 Å². The van der Waals surface area contributed by atoms with Crippen LogP contribution >= 0.6 is 0 Å². The molecule has 0 spiro atoms. The van der Waals surface area contributed by atoms with E-state index in [1.807, 2.05) is 13.0 Å². The minimum atomic E-state index is -3.60. The highest BCUT2D eigenvalue weighted by atomic mass is 32.2. The van der Waals surface area contributed by atoms with E-state index in [2.05, 4.69) is 4.98 Å². The van der Waals surface area contributed by atoms with Gasteiger partial charge in [-0.05, 0) is 49.2 Å².